The van der Waals surface area contributed by atoms with Crippen molar-refractivity contribution in [3.05, 3.63) is 37.7 Å². The number of alkyl halides is 1. The number of halogens is 1. The maximum absolute atomic E-state index is 10.4. The van der Waals surface area contributed by atoms with E-state index in [-0.39, 0.29) is 21.2 Å². The van der Waals surface area contributed by atoms with Crippen LogP contribution in [0.3, 0.4) is 0 Å². The first-order valence-corrected chi connectivity index (χ1v) is 8.59. The molecule has 1 aliphatic heterocycles. The Balaban J connectivity index is 2.05. The molecule has 1 fully saturated rings. The Bertz CT molecular complexity index is 462. The first-order valence-electron chi connectivity index (χ1n) is 5.35. The topological polar surface area (TPSA) is 83.7 Å². The van der Waals surface area contributed by atoms with Gasteiger partial charge in [0.1, 0.15) is 0 Å². The monoisotopic (exact) mass is 362 g/mol. The standard InChI is InChI=1S/C10H13IN5O2/c1-11-9-3-2-8(6-13-9)7-15-5-4-12-10(15)14-16(17)18/h2-3,6H,4-5,7H2,1H3,(H,12,14)/q-1. The first kappa shape index (κ1) is 13.0. The summed E-state index contributed by atoms with van der Waals surface area (Å²) in [5, 5.41) is 15.9. The second kappa shape index (κ2) is 5.94. The number of nitrogens with one attached hydrogen (secondary N) is 1. The van der Waals surface area contributed by atoms with Crippen molar-refractivity contribution in [2.24, 2.45) is 5.10 Å². The van der Waals surface area contributed by atoms with Crippen molar-refractivity contribution in [1.29, 1.82) is 0 Å². The molecule has 2 heterocycles. The van der Waals surface area contributed by atoms with Crippen LogP contribution in [0.5, 0.6) is 0 Å². The number of guanidine groups is 1. The summed E-state index contributed by atoms with van der Waals surface area (Å²) in [4.78, 5) is 18.7. The summed E-state index contributed by atoms with van der Waals surface area (Å²) in [5.74, 6) is 0.326. The van der Waals surface area contributed by atoms with E-state index in [1.807, 2.05) is 23.2 Å². The van der Waals surface area contributed by atoms with Crippen LogP contribution in [-0.2, 0) is 6.54 Å². The summed E-state index contributed by atoms with van der Waals surface area (Å²) in [6, 6.07) is 4.05. The molecule has 0 amide bonds. The Morgan fingerprint density at radius 2 is 2.50 bits per heavy atom. The number of aromatic nitrogens is 1. The van der Waals surface area contributed by atoms with Gasteiger partial charge >= 0.3 is 115 Å². The Morgan fingerprint density at radius 3 is 3.11 bits per heavy atom. The quantitative estimate of drug-likeness (QED) is 0.202. The van der Waals surface area contributed by atoms with E-state index in [1.54, 1.807) is 0 Å². The summed E-state index contributed by atoms with van der Waals surface area (Å²) in [5.41, 5.74) is 1.04. The molecule has 7 nitrogen and oxygen atoms in total. The number of hydrogen-bond donors (Lipinski definition) is 1. The number of hydrazone groups is 1. The van der Waals surface area contributed by atoms with Crippen molar-refractivity contribution in [1.82, 2.24) is 15.2 Å². The van der Waals surface area contributed by atoms with Gasteiger partial charge < -0.3 is 0 Å². The molecule has 0 aliphatic carbocycles. The molecular weight excluding hydrogens is 349 g/mol. The van der Waals surface area contributed by atoms with Gasteiger partial charge in [0, 0.05) is 0 Å². The summed E-state index contributed by atoms with van der Waals surface area (Å²) in [7, 11) is 0. The van der Waals surface area contributed by atoms with Crippen LogP contribution >= 0.6 is 0 Å². The van der Waals surface area contributed by atoms with Gasteiger partial charge in [0.2, 0.25) is 0 Å². The molecule has 1 saturated heterocycles. The second-order valence-electron chi connectivity index (χ2n) is 3.69. The summed E-state index contributed by atoms with van der Waals surface area (Å²) in [6.07, 6.45) is 1.83. The predicted octanol–water partition coefficient (Wildman–Crippen LogP) is -3.08. The minimum atomic E-state index is -0.677. The molecule has 98 valence electrons. The molecule has 0 bridgehead atoms. The fourth-order valence-electron chi connectivity index (χ4n) is 1.68. The third kappa shape index (κ3) is 3.28. The Hall–Kier alpha value is -1.45. The second-order valence-corrected chi connectivity index (χ2v) is 5.87. The number of rotatable bonds is 4. The van der Waals surface area contributed by atoms with Crippen LogP contribution in [0.15, 0.2) is 23.4 Å². The summed E-state index contributed by atoms with van der Waals surface area (Å²) < 4.78 is 1.15. The predicted molar refractivity (Wildman–Crippen MR) is 61.7 cm³/mol. The summed E-state index contributed by atoms with van der Waals surface area (Å²) >= 11 is 0.00906. The van der Waals surface area contributed by atoms with Crippen LogP contribution in [0.1, 0.15) is 5.56 Å². The SMILES string of the molecule is C[I-]c1ccc(CN2CCNC2=N[N+](=O)[O-])cn1. The fourth-order valence-corrected chi connectivity index (χ4v) is 2.64. The molecule has 0 unspecified atom stereocenters. The Labute approximate surface area is 115 Å². The molecule has 1 aromatic rings. The molecular formula is C10H13IN5O2-. The van der Waals surface area contributed by atoms with Gasteiger partial charge in [-0.05, 0) is 0 Å². The zero-order chi connectivity index (χ0) is 13.0. The number of nitrogens with zero attached hydrogens (tertiary/aromatic N) is 4. The van der Waals surface area contributed by atoms with Crippen LogP contribution in [-0.4, -0.2) is 38.9 Å². The van der Waals surface area contributed by atoms with Crippen molar-refractivity contribution < 1.29 is 26.2 Å². The van der Waals surface area contributed by atoms with Crippen molar-refractivity contribution in [3.8, 4) is 0 Å². The van der Waals surface area contributed by atoms with Gasteiger partial charge in [-0.2, -0.15) is 0 Å². The molecule has 0 spiro atoms. The third-order valence-electron chi connectivity index (χ3n) is 2.50. The average molecular weight is 362 g/mol. The van der Waals surface area contributed by atoms with Crippen LogP contribution in [0.25, 0.3) is 0 Å². The van der Waals surface area contributed by atoms with Gasteiger partial charge in [-0.1, -0.05) is 0 Å². The molecule has 0 saturated carbocycles. The van der Waals surface area contributed by atoms with Crippen molar-refractivity contribution >= 4 is 5.96 Å². The van der Waals surface area contributed by atoms with Gasteiger partial charge in [-0.25, -0.2) is 0 Å². The van der Waals surface area contributed by atoms with Crippen molar-refractivity contribution in [2.75, 3.05) is 18.0 Å². The Kier molecular flexibility index (Phi) is 4.28. The van der Waals surface area contributed by atoms with Gasteiger partial charge in [0.15, 0.2) is 0 Å². The van der Waals surface area contributed by atoms with Crippen LogP contribution < -0.4 is 26.5 Å². The molecule has 0 aromatic carbocycles. The van der Waals surface area contributed by atoms with E-state index in [1.165, 1.54) is 0 Å². The van der Waals surface area contributed by atoms with E-state index in [0.29, 0.717) is 19.0 Å². The van der Waals surface area contributed by atoms with Crippen LogP contribution in [0.2, 0.25) is 0 Å². The molecule has 1 aliphatic rings. The fraction of sp³-hybridized carbons (Fsp3) is 0.400. The number of pyridine rings is 1. The van der Waals surface area contributed by atoms with Crippen molar-refractivity contribution in [2.45, 2.75) is 6.54 Å². The van der Waals surface area contributed by atoms with Gasteiger partial charge in [-0.15, -0.1) is 0 Å². The van der Waals surface area contributed by atoms with E-state index in [4.69, 9.17) is 0 Å². The normalized spacial score (nSPS) is 17.2. The molecule has 0 radical (unpaired) electrons. The zero-order valence-corrected chi connectivity index (χ0v) is 12.0. The van der Waals surface area contributed by atoms with Gasteiger partial charge in [-0.3, -0.25) is 0 Å². The average Bonchev–Trinajstić information content (AvgIpc) is 2.77. The maximum atomic E-state index is 10.4. The molecule has 2 rings (SSSR count). The van der Waals surface area contributed by atoms with Gasteiger partial charge in [0.25, 0.3) is 0 Å². The zero-order valence-electron chi connectivity index (χ0n) is 9.84. The number of nitro groups is 1. The minimum absolute atomic E-state index is 0.00906. The molecule has 8 heteroatoms. The van der Waals surface area contributed by atoms with Crippen LogP contribution in [0, 0.1) is 13.8 Å². The first-order chi connectivity index (χ1) is 8.69. The molecule has 1 N–H and O–H groups in total. The third-order valence-corrected chi connectivity index (χ3v) is 4.24. The Morgan fingerprint density at radius 1 is 1.67 bits per heavy atom. The number of hydrogen-bond acceptors (Lipinski definition) is 3. The molecule has 0 atom stereocenters. The van der Waals surface area contributed by atoms with E-state index in [0.717, 1.165) is 15.8 Å². The van der Waals surface area contributed by atoms with Crippen molar-refractivity contribution in [3.63, 3.8) is 0 Å². The van der Waals surface area contributed by atoms with Crippen LogP contribution in [0.4, 0.5) is 0 Å². The van der Waals surface area contributed by atoms with Gasteiger partial charge in [0.05, 0.1) is 0 Å². The van der Waals surface area contributed by atoms with E-state index in [9.17, 15) is 10.1 Å². The molecule has 18 heavy (non-hydrogen) atoms. The van der Waals surface area contributed by atoms with E-state index >= 15 is 0 Å². The van der Waals surface area contributed by atoms with E-state index in [2.05, 4.69) is 20.3 Å². The van der Waals surface area contributed by atoms with E-state index < -0.39 is 5.03 Å². The summed E-state index contributed by atoms with van der Waals surface area (Å²) in [6.45, 7) is 1.99. The molecule has 1 aromatic heterocycles.